The van der Waals surface area contributed by atoms with Crippen LogP contribution in [-0.2, 0) is 9.84 Å². The van der Waals surface area contributed by atoms with Gasteiger partial charge in [-0.25, -0.2) is 8.42 Å². The van der Waals surface area contributed by atoms with Crippen LogP contribution >= 0.6 is 11.6 Å². The highest BCUT2D eigenvalue weighted by Gasteiger charge is 2.11. The Bertz CT molecular complexity index is 411. The molecule has 0 aliphatic heterocycles. The van der Waals surface area contributed by atoms with E-state index in [0.29, 0.717) is 12.4 Å². The Hall–Kier alpha value is -0.740. The van der Waals surface area contributed by atoms with Crippen molar-refractivity contribution in [2.45, 2.75) is 24.7 Å². The molecule has 0 fully saturated rings. The largest absolute Gasteiger partial charge is 0.494 e. The predicted molar refractivity (Wildman–Crippen MR) is 64.8 cm³/mol. The normalized spacial score (nSPS) is 11.4. The second-order valence-corrected chi connectivity index (χ2v) is 5.97. The lowest BCUT2D eigenvalue weighted by Gasteiger charge is -2.06. The Kier molecular flexibility index (Phi) is 5.09. The maximum atomic E-state index is 11.4. The quantitative estimate of drug-likeness (QED) is 0.585. The number of alkyl halides is 1. The second kappa shape index (κ2) is 6.11. The highest BCUT2D eigenvalue weighted by molar-refractivity contribution is 7.92. The Labute approximate surface area is 101 Å². The number of hydrogen-bond donors (Lipinski definition) is 0. The van der Waals surface area contributed by atoms with Gasteiger partial charge >= 0.3 is 0 Å². The fourth-order valence-electron chi connectivity index (χ4n) is 1.14. The van der Waals surface area contributed by atoms with E-state index in [-0.39, 0.29) is 4.90 Å². The van der Waals surface area contributed by atoms with Crippen molar-refractivity contribution in [3.63, 3.8) is 0 Å². The predicted octanol–water partition coefficient (Wildman–Crippen LogP) is 2.84. The first-order valence-electron chi connectivity index (χ1n) is 5.11. The molecule has 1 aromatic carbocycles. The van der Waals surface area contributed by atoms with Gasteiger partial charge in [-0.3, -0.25) is 0 Å². The minimum atomic E-state index is -3.33. The standard InChI is InChI=1S/C11H15ClO3S/c1-2-3-8-15-10-4-6-11(7-5-10)16(13,14)9-12/h4-7H,2-3,8-9H2,1H3. The molecule has 0 aliphatic carbocycles. The maximum absolute atomic E-state index is 11.4. The molecule has 0 unspecified atom stereocenters. The van der Waals surface area contributed by atoms with E-state index in [9.17, 15) is 8.42 Å². The summed E-state index contributed by atoms with van der Waals surface area (Å²) in [6.45, 7) is 2.73. The first-order chi connectivity index (χ1) is 7.60. The van der Waals surface area contributed by atoms with E-state index in [0.717, 1.165) is 12.8 Å². The molecule has 0 aromatic heterocycles. The van der Waals surface area contributed by atoms with Crippen LogP contribution in [-0.4, -0.2) is 20.2 Å². The number of benzene rings is 1. The second-order valence-electron chi connectivity index (χ2n) is 3.40. The lowest BCUT2D eigenvalue weighted by Crippen LogP contribution is -2.02. The van der Waals surface area contributed by atoms with Gasteiger partial charge in [-0.1, -0.05) is 13.3 Å². The number of hydrogen-bond acceptors (Lipinski definition) is 3. The van der Waals surface area contributed by atoms with Crippen molar-refractivity contribution < 1.29 is 13.2 Å². The molecule has 0 aliphatic rings. The average molecular weight is 263 g/mol. The van der Waals surface area contributed by atoms with Crippen LogP contribution in [0.15, 0.2) is 29.2 Å². The molecule has 16 heavy (non-hydrogen) atoms. The minimum Gasteiger partial charge on any atom is -0.494 e. The van der Waals surface area contributed by atoms with Gasteiger partial charge in [0.05, 0.1) is 11.5 Å². The molecular formula is C11H15ClO3S. The van der Waals surface area contributed by atoms with E-state index in [1.807, 2.05) is 0 Å². The first-order valence-corrected chi connectivity index (χ1v) is 7.30. The summed E-state index contributed by atoms with van der Waals surface area (Å²) in [5.74, 6) is 0.682. The summed E-state index contributed by atoms with van der Waals surface area (Å²) in [5, 5.41) is -0.400. The van der Waals surface area contributed by atoms with E-state index in [2.05, 4.69) is 6.92 Å². The lowest BCUT2D eigenvalue weighted by atomic mass is 10.3. The minimum absolute atomic E-state index is 0.227. The molecule has 1 rings (SSSR count). The van der Waals surface area contributed by atoms with Crippen LogP contribution in [0.3, 0.4) is 0 Å². The summed E-state index contributed by atoms with van der Waals surface area (Å²) in [6.07, 6.45) is 2.06. The summed E-state index contributed by atoms with van der Waals surface area (Å²) in [7, 11) is -3.33. The fraction of sp³-hybridized carbons (Fsp3) is 0.455. The molecule has 0 saturated heterocycles. The van der Waals surface area contributed by atoms with Gasteiger partial charge < -0.3 is 4.74 Å². The Morgan fingerprint density at radius 2 is 1.88 bits per heavy atom. The van der Waals surface area contributed by atoms with E-state index in [4.69, 9.17) is 16.3 Å². The maximum Gasteiger partial charge on any atom is 0.192 e. The number of unbranched alkanes of at least 4 members (excludes halogenated alkanes) is 1. The molecule has 3 nitrogen and oxygen atoms in total. The van der Waals surface area contributed by atoms with Gasteiger partial charge in [0.15, 0.2) is 9.84 Å². The summed E-state index contributed by atoms with van der Waals surface area (Å²) in [6, 6.07) is 6.32. The fourth-order valence-corrected chi connectivity index (χ4v) is 2.20. The van der Waals surface area contributed by atoms with Crippen molar-refractivity contribution in [1.29, 1.82) is 0 Å². The van der Waals surface area contributed by atoms with Crippen LogP contribution in [0.25, 0.3) is 0 Å². The van der Waals surface area contributed by atoms with Crippen LogP contribution in [0.1, 0.15) is 19.8 Å². The zero-order chi connectivity index (χ0) is 12.0. The molecule has 0 spiro atoms. The van der Waals surface area contributed by atoms with Crippen molar-refractivity contribution >= 4 is 21.4 Å². The van der Waals surface area contributed by atoms with Gasteiger partial charge in [0.2, 0.25) is 0 Å². The highest BCUT2D eigenvalue weighted by Crippen LogP contribution is 2.17. The summed E-state index contributed by atoms with van der Waals surface area (Å²) in [5.41, 5.74) is 0. The smallest absolute Gasteiger partial charge is 0.192 e. The van der Waals surface area contributed by atoms with E-state index in [1.165, 1.54) is 12.1 Å². The third-order valence-corrected chi connectivity index (χ3v) is 4.23. The van der Waals surface area contributed by atoms with E-state index in [1.54, 1.807) is 12.1 Å². The van der Waals surface area contributed by atoms with Crippen molar-refractivity contribution in [3.05, 3.63) is 24.3 Å². The third-order valence-electron chi connectivity index (χ3n) is 2.09. The zero-order valence-corrected chi connectivity index (χ0v) is 10.7. The monoisotopic (exact) mass is 262 g/mol. The van der Waals surface area contributed by atoms with E-state index < -0.39 is 15.0 Å². The Morgan fingerprint density at radius 1 is 1.25 bits per heavy atom. The van der Waals surface area contributed by atoms with Crippen LogP contribution in [0, 0.1) is 0 Å². The first kappa shape index (κ1) is 13.3. The molecule has 90 valence electrons. The van der Waals surface area contributed by atoms with Crippen LogP contribution in [0.4, 0.5) is 0 Å². The number of rotatable bonds is 6. The van der Waals surface area contributed by atoms with Crippen molar-refractivity contribution in [2.75, 3.05) is 11.8 Å². The number of ether oxygens (including phenoxy) is 1. The lowest BCUT2D eigenvalue weighted by molar-refractivity contribution is 0.309. The van der Waals surface area contributed by atoms with Gasteiger partial charge in [0.25, 0.3) is 0 Å². The average Bonchev–Trinajstić information content (AvgIpc) is 2.30. The molecule has 0 saturated carbocycles. The number of halogens is 1. The molecule has 0 radical (unpaired) electrons. The zero-order valence-electron chi connectivity index (χ0n) is 9.15. The van der Waals surface area contributed by atoms with Crippen LogP contribution < -0.4 is 4.74 Å². The summed E-state index contributed by atoms with van der Waals surface area (Å²) >= 11 is 5.35. The van der Waals surface area contributed by atoms with Crippen molar-refractivity contribution in [1.82, 2.24) is 0 Å². The van der Waals surface area contributed by atoms with Gasteiger partial charge in [0.1, 0.15) is 11.0 Å². The molecule has 0 atom stereocenters. The summed E-state index contributed by atoms with van der Waals surface area (Å²) in [4.78, 5) is 0.227. The Morgan fingerprint density at radius 3 is 2.38 bits per heavy atom. The highest BCUT2D eigenvalue weighted by atomic mass is 35.5. The van der Waals surface area contributed by atoms with Gasteiger partial charge in [-0.15, -0.1) is 11.6 Å². The molecule has 1 aromatic rings. The molecular weight excluding hydrogens is 248 g/mol. The summed E-state index contributed by atoms with van der Waals surface area (Å²) < 4.78 is 28.2. The third kappa shape index (κ3) is 3.68. The molecule has 0 bridgehead atoms. The molecule has 0 heterocycles. The molecule has 5 heteroatoms. The van der Waals surface area contributed by atoms with Crippen molar-refractivity contribution in [3.8, 4) is 5.75 Å². The Balaban J connectivity index is 2.68. The number of sulfone groups is 1. The SMILES string of the molecule is CCCCOc1ccc(S(=O)(=O)CCl)cc1. The molecule has 0 N–H and O–H groups in total. The van der Waals surface area contributed by atoms with Crippen LogP contribution in [0.2, 0.25) is 0 Å². The van der Waals surface area contributed by atoms with Crippen LogP contribution in [0.5, 0.6) is 5.75 Å². The topological polar surface area (TPSA) is 43.4 Å². The van der Waals surface area contributed by atoms with Gasteiger partial charge in [-0.2, -0.15) is 0 Å². The van der Waals surface area contributed by atoms with E-state index >= 15 is 0 Å². The van der Waals surface area contributed by atoms with Gasteiger partial charge in [0, 0.05) is 0 Å². The van der Waals surface area contributed by atoms with Crippen molar-refractivity contribution in [2.24, 2.45) is 0 Å². The molecule has 0 amide bonds. The van der Waals surface area contributed by atoms with Gasteiger partial charge in [-0.05, 0) is 30.7 Å².